The summed E-state index contributed by atoms with van der Waals surface area (Å²) in [6.07, 6.45) is 4.61. The maximum atomic E-state index is 11.5. The van der Waals surface area contributed by atoms with Crippen LogP contribution in [-0.2, 0) is 14.8 Å². The lowest BCUT2D eigenvalue weighted by Gasteiger charge is -2.13. The molecule has 1 aliphatic rings. The van der Waals surface area contributed by atoms with E-state index >= 15 is 0 Å². The van der Waals surface area contributed by atoms with E-state index in [9.17, 15) is 8.42 Å². The molecule has 0 radical (unpaired) electrons. The third-order valence-corrected chi connectivity index (χ3v) is 4.89. The quantitative estimate of drug-likeness (QED) is 0.817. The highest BCUT2D eigenvalue weighted by molar-refractivity contribution is 7.89. The summed E-state index contributed by atoms with van der Waals surface area (Å²) in [6.45, 7) is 4.93. The first-order valence-corrected chi connectivity index (χ1v) is 8.81. The largest absolute Gasteiger partial charge is 0.494 e. The van der Waals surface area contributed by atoms with Gasteiger partial charge in [0, 0.05) is 6.61 Å². The van der Waals surface area contributed by atoms with Crippen molar-refractivity contribution < 1.29 is 17.9 Å². The van der Waals surface area contributed by atoms with Crippen LogP contribution in [0, 0.1) is 13.8 Å². The fourth-order valence-corrected chi connectivity index (χ4v) is 3.83. The highest BCUT2D eigenvalue weighted by Gasteiger charge is 2.17. The zero-order chi connectivity index (χ0) is 15.5. The molecule has 1 atom stereocenters. The summed E-state index contributed by atoms with van der Waals surface area (Å²) in [5.74, 6) is 0.685. The predicted octanol–water partition coefficient (Wildman–Crippen LogP) is 2.29. The van der Waals surface area contributed by atoms with Crippen LogP contribution in [0.1, 0.15) is 36.8 Å². The van der Waals surface area contributed by atoms with Gasteiger partial charge in [0.15, 0.2) is 0 Å². The highest BCUT2D eigenvalue weighted by atomic mass is 32.2. The predicted molar refractivity (Wildman–Crippen MR) is 81.0 cm³/mol. The molecule has 1 unspecified atom stereocenters. The normalized spacial score (nSPS) is 18.9. The van der Waals surface area contributed by atoms with Crippen LogP contribution in [-0.4, -0.2) is 27.7 Å². The van der Waals surface area contributed by atoms with E-state index in [0.717, 1.165) is 32.3 Å². The van der Waals surface area contributed by atoms with Crippen LogP contribution in [0.5, 0.6) is 5.75 Å². The lowest BCUT2D eigenvalue weighted by molar-refractivity contribution is 0.0981. The molecule has 21 heavy (non-hydrogen) atoms. The molecule has 1 aromatic rings. The van der Waals surface area contributed by atoms with E-state index in [0.29, 0.717) is 29.6 Å². The maximum Gasteiger partial charge on any atom is 0.238 e. The Labute approximate surface area is 126 Å². The van der Waals surface area contributed by atoms with Gasteiger partial charge in [0.05, 0.1) is 17.6 Å². The molecule has 1 aliphatic heterocycles. The SMILES string of the molecule is Cc1cc(OCCCC2CCCO2)cc(C)c1S(N)(=O)=O. The molecule has 0 aromatic heterocycles. The van der Waals surface area contributed by atoms with Gasteiger partial charge in [0.25, 0.3) is 0 Å². The number of sulfonamides is 1. The second-order valence-corrected chi connectivity index (χ2v) is 7.06. The Bertz CT molecular complexity index is 569. The minimum absolute atomic E-state index is 0.189. The van der Waals surface area contributed by atoms with Gasteiger partial charge in [-0.25, -0.2) is 13.6 Å². The van der Waals surface area contributed by atoms with Gasteiger partial charge in [0.2, 0.25) is 10.0 Å². The summed E-state index contributed by atoms with van der Waals surface area (Å²) in [5.41, 5.74) is 1.23. The van der Waals surface area contributed by atoms with Gasteiger partial charge >= 0.3 is 0 Å². The Morgan fingerprint density at radius 1 is 1.33 bits per heavy atom. The van der Waals surface area contributed by atoms with E-state index in [1.54, 1.807) is 26.0 Å². The monoisotopic (exact) mass is 313 g/mol. The van der Waals surface area contributed by atoms with E-state index in [1.807, 2.05) is 0 Å². The van der Waals surface area contributed by atoms with Gasteiger partial charge in [-0.1, -0.05) is 0 Å². The molecule has 6 heteroatoms. The molecule has 1 aromatic carbocycles. The zero-order valence-electron chi connectivity index (χ0n) is 12.6. The van der Waals surface area contributed by atoms with Crippen molar-refractivity contribution in [2.45, 2.75) is 50.5 Å². The Hall–Kier alpha value is -1.11. The Morgan fingerprint density at radius 2 is 2.00 bits per heavy atom. The summed E-state index contributed by atoms with van der Waals surface area (Å²) in [4.78, 5) is 0.189. The highest BCUT2D eigenvalue weighted by Crippen LogP contribution is 2.25. The van der Waals surface area contributed by atoms with Gasteiger partial charge in [0.1, 0.15) is 5.75 Å². The summed E-state index contributed by atoms with van der Waals surface area (Å²) in [7, 11) is -3.69. The molecule has 0 bridgehead atoms. The molecule has 0 amide bonds. The van der Waals surface area contributed by atoms with Crippen molar-refractivity contribution in [1.29, 1.82) is 0 Å². The number of benzene rings is 1. The zero-order valence-corrected chi connectivity index (χ0v) is 13.4. The summed E-state index contributed by atoms with van der Waals surface area (Å²) < 4.78 is 34.3. The molecule has 0 aliphatic carbocycles. The number of primary sulfonamides is 1. The average Bonchev–Trinajstić information content (AvgIpc) is 2.85. The van der Waals surface area contributed by atoms with Crippen molar-refractivity contribution in [3.63, 3.8) is 0 Å². The molecule has 2 rings (SSSR count). The van der Waals surface area contributed by atoms with E-state index in [4.69, 9.17) is 14.6 Å². The summed E-state index contributed by atoms with van der Waals surface area (Å²) >= 11 is 0. The van der Waals surface area contributed by atoms with Crippen LogP contribution in [0.3, 0.4) is 0 Å². The first-order valence-electron chi connectivity index (χ1n) is 7.26. The fraction of sp³-hybridized carbons (Fsp3) is 0.600. The minimum atomic E-state index is -3.69. The van der Waals surface area contributed by atoms with Crippen molar-refractivity contribution >= 4 is 10.0 Å². The third-order valence-electron chi connectivity index (χ3n) is 3.68. The maximum absolute atomic E-state index is 11.5. The van der Waals surface area contributed by atoms with Crippen molar-refractivity contribution in [3.05, 3.63) is 23.3 Å². The van der Waals surface area contributed by atoms with Gasteiger partial charge in [-0.3, -0.25) is 0 Å². The first-order chi connectivity index (χ1) is 9.88. The molecule has 2 N–H and O–H groups in total. The van der Waals surface area contributed by atoms with Crippen LogP contribution in [0.25, 0.3) is 0 Å². The van der Waals surface area contributed by atoms with Crippen LogP contribution >= 0.6 is 0 Å². The molecule has 5 nitrogen and oxygen atoms in total. The van der Waals surface area contributed by atoms with Gasteiger partial charge < -0.3 is 9.47 Å². The van der Waals surface area contributed by atoms with Crippen LogP contribution in [0.4, 0.5) is 0 Å². The van der Waals surface area contributed by atoms with E-state index in [2.05, 4.69) is 0 Å². The molecule has 1 heterocycles. The fourth-order valence-electron chi connectivity index (χ4n) is 2.82. The minimum Gasteiger partial charge on any atom is -0.494 e. The lowest BCUT2D eigenvalue weighted by Crippen LogP contribution is -2.15. The second kappa shape index (κ2) is 6.77. The number of aryl methyl sites for hydroxylation is 2. The number of hydrogen-bond donors (Lipinski definition) is 1. The Morgan fingerprint density at radius 3 is 2.52 bits per heavy atom. The van der Waals surface area contributed by atoms with Gasteiger partial charge in [-0.05, 0) is 62.8 Å². The van der Waals surface area contributed by atoms with E-state index < -0.39 is 10.0 Å². The lowest BCUT2D eigenvalue weighted by atomic mass is 10.1. The van der Waals surface area contributed by atoms with Crippen molar-refractivity contribution in [1.82, 2.24) is 0 Å². The molecular formula is C15H23NO4S. The molecule has 118 valence electrons. The number of hydrogen-bond acceptors (Lipinski definition) is 4. The third kappa shape index (κ3) is 4.43. The standard InChI is InChI=1S/C15H23NO4S/c1-11-9-14(10-12(2)15(11)21(16,17)18)20-8-4-6-13-5-3-7-19-13/h9-10,13H,3-8H2,1-2H3,(H2,16,17,18). The molecule has 0 spiro atoms. The smallest absolute Gasteiger partial charge is 0.238 e. The van der Waals surface area contributed by atoms with Gasteiger partial charge in [-0.15, -0.1) is 0 Å². The summed E-state index contributed by atoms with van der Waals surface area (Å²) in [5, 5.41) is 5.22. The van der Waals surface area contributed by atoms with E-state index in [1.165, 1.54) is 0 Å². The molecule has 1 fully saturated rings. The van der Waals surface area contributed by atoms with Crippen LogP contribution < -0.4 is 9.88 Å². The van der Waals surface area contributed by atoms with Crippen molar-refractivity contribution in [3.8, 4) is 5.75 Å². The van der Waals surface area contributed by atoms with Crippen LogP contribution in [0.2, 0.25) is 0 Å². The van der Waals surface area contributed by atoms with Crippen molar-refractivity contribution in [2.75, 3.05) is 13.2 Å². The van der Waals surface area contributed by atoms with E-state index in [-0.39, 0.29) is 4.90 Å². The summed E-state index contributed by atoms with van der Waals surface area (Å²) in [6, 6.07) is 3.44. The van der Waals surface area contributed by atoms with Gasteiger partial charge in [-0.2, -0.15) is 0 Å². The number of rotatable bonds is 6. The van der Waals surface area contributed by atoms with Crippen molar-refractivity contribution in [2.24, 2.45) is 5.14 Å². The topological polar surface area (TPSA) is 78.6 Å². The Balaban J connectivity index is 1.92. The molecule has 0 saturated carbocycles. The first kappa shape index (κ1) is 16.3. The second-order valence-electron chi connectivity index (χ2n) is 5.56. The molecular weight excluding hydrogens is 290 g/mol. The Kier molecular flexibility index (Phi) is 5.24. The molecule has 1 saturated heterocycles. The number of ether oxygens (including phenoxy) is 2. The number of nitrogens with two attached hydrogens (primary N) is 1. The van der Waals surface area contributed by atoms with Crippen LogP contribution in [0.15, 0.2) is 17.0 Å². The average molecular weight is 313 g/mol.